The molecule has 1 unspecified atom stereocenters. The minimum absolute atomic E-state index is 0.215. The summed E-state index contributed by atoms with van der Waals surface area (Å²) in [5, 5.41) is 3.47. The average Bonchev–Trinajstić information content (AvgIpc) is 2.27. The molecule has 0 radical (unpaired) electrons. The lowest BCUT2D eigenvalue weighted by molar-refractivity contribution is 0.114. The van der Waals surface area contributed by atoms with Crippen molar-refractivity contribution in [2.45, 2.75) is 38.6 Å². The van der Waals surface area contributed by atoms with Gasteiger partial charge in [0.05, 0.1) is 6.61 Å². The molecule has 0 aromatic heterocycles. The molecule has 1 atom stereocenters. The van der Waals surface area contributed by atoms with Crippen LogP contribution in [0.15, 0.2) is 0 Å². The van der Waals surface area contributed by atoms with Crippen LogP contribution in [-0.4, -0.2) is 43.8 Å². The summed E-state index contributed by atoms with van der Waals surface area (Å²) in [7, 11) is 1.79. The van der Waals surface area contributed by atoms with Crippen LogP contribution in [0.5, 0.6) is 0 Å². The van der Waals surface area contributed by atoms with E-state index in [1.165, 1.54) is 19.3 Å². The fraction of sp³-hybridized carbons (Fsp3) is 0.909. The van der Waals surface area contributed by atoms with E-state index >= 15 is 0 Å². The largest absolute Gasteiger partial charge is 0.450 e. The third kappa shape index (κ3) is 4.51. The van der Waals surface area contributed by atoms with Crippen LogP contribution in [0.4, 0.5) is 4.79 Å². The smallest absolute Gasteiger partial charge is 0.409 e. The molecule has 15 heavy (non-hydrogen) atoms. The predicted molar refractivity (Wildman–Crippen MR) is 59.9 cm³/mol. The van der Waals surface area contributed by atoms with Gasteiger partial charge in [0.25, 0.3) is 0 Å². The molecule has 1 aliphatic rings. The molecule has 1 saturated heterocycles. The maximum atomic E-state index is 11.3. The lowest BCUT2D eigenvalue weighted by Gasteiger charge is -2.25. The van der Waals surface area contributed by atoms with Crippen molar-refractivity contribution in [2.24, 2.45) is 0 Å². The Morgan fingerprint density at radius 3 is 2.93 bits per heavy atom. The van der Waals surface area contributed by atoms with Crippen LogP contribution < -0.4 is 5.32 Å². The van der Waals surface area contributed by atoms with E-state index in [1.54, 1.807) is 11.9 Å². The zero-order valence-electron chi connectivity index (χ0n) is 9.79. The lowest BCUT2D eigenvalue weighted by atomic mass is 10.0. The summed E-state index contributed by atoms with van der Waals surface area (Å²) in [6.45, 7) is 4.17. The Hall–Kier alpha value is -0.770. The number of rotatable bonds is 4. The zero-order chi connectivity index (χ0) is 11.1. The van der Waals surface area contributed by atoms with Crippen LogP contribution in [0.3, 0.4) is 0 Å². The van der Waals surface area contributed by atoms with Crippen LogP contribution in [0.2, 0.25) is 0 Å². The molecule has 0 spiro atoms. The Balaban J connectivity index is 2.14. The second-order valence-electron chi connectivity index (χ2n) is 4.06. The normalized spacial score (nSPS) is 21.1. The van der Waals surface area contributed by atoms with Gasteiger partial charge < -0.3 is 15.0 Å². The summed E-state index contributed by atoms with van der Waals surface area (Å²) in [5.41, 5.74) is 0. The molecule has 1 amide bonds. The number of hydrogen-bond donors (Lipinski definition) is 1. The first kappa shape index (κ1) is 12.3. The second kappa shape index (κ2) is 6.67. The summed E-state index contributed by atoms with van der Waals surface area (Å²) in [5.74, 6) is 0. The van der Waals surface area contributed by atoms with Crippen LogP contribution >= 0.6 is 0 Å². The molecule has 0 aliphatic carbocycles. The third-order valence-electron chi connectivity index (χ3n) is 2.80. The highest BCUT2D eigenvalue weighted by Gasteiger charge is 2.15. The van der Waals surface area contributed by atoms with Crippen LogP contribution in [-0.2, 0) is 4.74 Å². The zero-order valence-corrected chi connectivity index (χ0v) is 9.79. The van der Waals surface area contributed by atoms with Crippen molar-refractivity contribution in [1.82, 2.24) is 10.2 Å². The predicted octanol–water partition coefficient (Wildman–Crippen LogP) is 1.61. The summed E-state index contributed by atoms with van der Waals surface area (Å²) in [6, 6.07) is 0.579. The van der Waals surface area contributed by atoms with Gasteiger partial charge in [-0.15, -0.1) is 0 Å². The van der Waals surface area contributed by atoms with Crippen LogP contribution in [0.25, 0.3) is 0 Å². The first-order valence-electron chi connectivity index (χ1n) is 5.85. The van der Waals surface area contributed by atoms with E-state index in [0.717, 1.165) is 19.5 Å². The van der Waals surface area contributed by atoms with Crippen molar-refractivity contribution in [3.63, 3.8) is 0 Å². The Bertz CT molecular complexity index is 191. The summed E-state index contributed by atoms with van der Waals surface area (Å²) in [6.07, 6.45) is 4.63. The van der Waals surface area contributed by atoms with Crippen LogP contribution in [0, 0.1) is 0 Å². The van der Waals surface area contributed by atoms with Gasteiger partial charge in [-0.05, 0) is 32.7 Å². The van der Waals surface area contributed by atoms with Crippen molar-refractivity contribution in [2.75, 3.05) is 26.7 Å². The van der Waals surface area contributed by atoms with E-state index in [-0.39, 0.29) is 6.09 Å². The van der Waals surface area contributed by atoms with E-state index in [0.29, 0.717) is 12.6 Å². The molecule has 0 aromatic rings. The number of ether oxygens (including phenoxy) is 1. The fourth-order valence-electron chi connectivity index (χ4n) is 1.84. The minimum atomic E-state index is -0.215. The van der Waals surface area contributed by atoms with Crippen LogP contribution in [0.1, 0.15) is 32.6 Å². The number of hydrogen-bond acceptors (Lipinski definition) is 3. The maximum absolute atomic E-state index is 11.3. The monoisotopic (exact) mass is 214 g/mol. The Kier molecular flexibility index (Phi) is 5.47. The number of nitrogens with one attached hydrogen (secondary N) is 1. The second-order valence-corrected chi connectivity index (χ2v) is 4.06. The number of carbonyl (C=O) groups is 1. The molecule has 1 rings (SSSR count). The third-order valence-corrected chi connectivity index (χ3v) is 2.80. The molecule has 1 aliphatic heterocycles. The standard InChI is InChI=1S/C11H22N2O2/c1-3-15-11(14)13(2)9-7-10-6-4-5-8-12-10/h10,12H,3-9H2,1-2H3. The number of carbonyl (C=O) groups excluding carboxylic acids is 1. The molecule has 1 fully saturated rings. The highest BCUT2D eigenvalue weighted by Crippen LogP contribution is 2.10. The van der Waals surface area contributed by atoms with Crippen molar-refractivity contribution in [3.05, 3.63) is 0 Å². The summed E-state index contributed by atoms with van der Waals surface area (Å²) < 4.78 is 4.91. The van der Waals surface area contributed by atoms with Gasteiger partial charge >= 0.3 is 6.09 Å². The van der Waals surface area contributed by atoms with Gasteiger partial charge in [-0.2, -0.15) is 0 Å². The van der Waals surface area contributed by atoms with Gasteiger partial charge in [0.2, 0.25) is 0 Å². The average molecular weight is 214 g/mol. The first-order chi connectivity index (χ1) is 7.24. The molecule has 0 saturated carbocycles. The summed E-state index contributed by atoms with van der Waals surface area (Å²) in [4.78, 5) is 13.0. The van der Waals surface area contributed by atoms with Crippen molar-refractivity contribution >= 4 is 6.09 Å². The molecular weight excluding hydrogens is 192 g/mol. The van der Waals surface area contributed by atoms with Gasteiger partial charge in [-0.1, -0.05) is 6.42 Å². The fourth-order valence-corrected chi connectivity index (χ4v) is 1.84. The van der Waals surface area contributed by atoms with E-state index in [4.69, 9.17) is 4.74 Å². The Labute approximate surface area is 92.0 Å². The number of piperidine rings is 1. The van der Waals surface area contributed by atoms with E-state index in [2.05, 4.69) is 5.32 Å². The maximum Gasteiger partial charge on any atom is 0.409 e. The Morgan fingerprint density at radius 1 is 1.53 bits per heavy atom. The quantitative estimate of drug-likeness (QED) is 0.773. The first-order valence-corrected chi connectivity index (χ1v) is 5.85. The molecule has 4 nitrogen and oxygen atoms in total. The molecule has 1 N–H and O–H groups in total. The highest BCUT2D eigenvalue weighted by molar-refractivity contribution is 5.67. The molecule has 0 bridgehead atoms. The van der Waals surface area contributed by atoms with E-state index in [1.807, 2.05) is 6.92 Å². The van der Waals surface area contributed by atoms with Crippen molar-refractivity contribution < 1.29 is 9.53 Å². The minimum Gasteiger partial charge on any atom is -0.450 e. The van der Waals surface area contributed by atoms with Crippen molar-refractivity contribution in [1.29, 1.82) is 0 Å². The topological polar surface area (TPSA) is 41.6 Å². The molecule has 4 heteroatoms. The van der Waals surface area contributed by atoms with E-state index < -0.39 is 0 Å². The molecule has 1 heterocycles. The van der Waals surface area contributed by atoms with Gasteiger partial charge in [-0.25, -0.2) is 4.79 Å². The SMILES string of the molecule is CCOC(=O)N(C)CCC1CCCCN1. The van der Waals surface area contributed by atoms with Gasteiger partial charge in [-0.3, -0.25) is 0 Å². The lowest BCUT2D eigenvalue weighted by Crippen LogP contribution is -2.38. The highest BCUT2D eigenvalue weighted by atomic mass is 16.5. The van der Waals surface area contributed by atoms with Gasteiger partial charge in [0.15, 0.2) is 0 Å². The van der Waals surface area contributed by atoms with E-state index in [9.17, 15) is 4.79 Å². The van der Waals surface area contributed by atoms with Gasteiger partial charge in [0, 0.05) is 19.6 Å². The number of nitrogens with zero attached hydrogens (tertiary/aromatic N) is 1. The number of amides is 1. The molecule has 0 aromatic carbocycles. The summed E-state index contributed by atoms with van der Waals surface area (Å²) >= 11 is 0. The van der Waals surface area contributed by atoms with Gasteiger partial charge in [0.1, 0.15) is 0 Å². The van der Waals surface area contributed by atoms with Crippen molar-refractivity contribution in [3.8, 4) is 0 Å². The molecule has 88 valence electrons. The molecular formula is C11H22N2O2. The Morgan fingerprint density at radius 2 is 2.33 bits per heavy atom.